The molecule has 0 saturated heterocycles. The van der Waals surface area contributed by atoms with Gasteiger partial charge in [-0.2, -0.15) is 0 Å². The van der Waals surface area contributed by atoms with Crippen molar-refractivity contribution in [2.24, 2.45) is 0 Å². The lowest BCUT2D eigenvalue weighted by Gasteiger charge is -2.32. The Morgan fingerprint density at radius 1 is 1.28 bits per heavy atom. The van der Waals surface area contributed by atoms with Crippen LogP contribution in [0.3, 0.4) is 0 Å². The summed E-state index contributed by atoms with van der Waals surface area (Å²) in [6.45, 7) is 2.92. The van der Waals surface area contributed by atoms with Crippen LogP contribution in [0.2, 0.25) is 0 Å². The van der Waals surface area contributed by atoms with Gasteiger partial charge in [0.25, 0.3) is 0 Å². The molecule has 102 valence electrons. The van der Waals surface area contributed by atoms with E-state index >= 15 is 0 Å². The molecule has 3 nitrogen and oxygen atoms in total. The molecule has 5 heteroatoms. The van der Waals surface area contributed by atoms with E-state index in [2.05, 4.69) is 0 Å². The van der Waals surface area contributed by atoms with E-state index < -0.39 is 11.4 Å². The van der Waals surface area contributed by atoms with Crippen molar-refractivity contribution < 1.29 is 19.7 Å². The molecule has 0 aromatic heterocycles. The number of hydrogen-bond donors (Lipinski definition) is 3. The summed E-state index contributed by atoms with van der Waals surface area (Å²) in [6.07, 6.45) is 0. The Morgan fingerprint density at radius 3 is 2.33 bits per heavy atom. The molecule has 0 heterocycles. The molecular formula is C13H19FO3S. The van der Waals surface area contributed by atoms with Gasteiger partial charge < -0.3 is 15.3 Å². The van der Waals surface area contributed by atoms with Crippen LogP contribution >= 0.6 is 11.8 Å². The molecule has 18 heavy (non-hydrogen) atoms. The smallest absolute Gasteiger partial charge is 0.129 e. The quantitative estimate of drug-likeness (QED) is 0.736. The molecule has 0 bridgehead atoms. The standard InChI is InChI=1S/C13H19FO3S/c1-9(18-10(7-15)8-16)13(2,17)11-5-3-4-6-12(11)14/h3-6,9-10,15-17H,7-8H2,1-2H3/t9-,13+/m1/s1. The predicted octanol–water partition coefficient (Wildman–Crippen LogP) is 1.51. The van der Waals surface area contributed by atoms with Crippen molar-refractivity contribution >= 4 is 11.8 Å². The lowest BCUT2D eigenvalue weighted by atomic mass is 9.92. The van der Waals surface area contributed by atoms with Crippen LogP contribution in [-0.2, 0) is 5.60 Å². The highest BCUT2D eigenvalue weighted by Gasteiger charge is 2.34. The Morgan fingerprint density at radius 2 is 1.83 bits per heavy atom. The minimum atomic E-state index is -1.36. The fraction of sp³-hybridized carbons (Fsp3) is 0.538. The fourth-order valence-corrected chi connectivity index (χ4v) is 2.80. The van der Waals surface area contributed by atoms with Crippen LogP contribution in [0.5, 0.6) is 0 Å². The second-order valence-corrected chi connectivity index (χ2v) is 6.04. The second kappa shape index (κ2) is 6.52. The topological polar surface area (TPSA) is 60.7 Å². The maximum Gasteiger partial charge on any atom is 0.129 e. The summed E-state index contributed by atoms with van der Waals surface area (Å²) < 4.78 is 13.7. The molecule has 0 spiro atoms. The summed E-state index contributed by atoms with van der Waals surface area (Å²) in [4.78, 5) is 0. The van der Waals surface area contributed by atoms with Crippen molar-refractivity contribution in [1.29, 1.82) is 0 Å². The number of halogens is 1. The first-order valence-electron chi connectivity index (χ1n) is 5.78. The molecule has 3 N–H and O–H groups in total. The molecule has 0 radical (unpaired) electrons. The van der Waals surface area contributed by atoms with Crippen LogP contribution in [0.15, 0.2) is 24.3 Å². The minimum absolute atomic E-state index is 0.182. The SMILES string of the molecule is C[C@@H](SC(CO)CO)[C@](C)(O)c1ccccc1F. The zero-order valence-electron chi connectivity index (χ0n) is 10.5. The van der Waals surface area contributed by atoms with E-state index in [1.807, 2.05) is 0 Å². The third-order valence-corrected chi connectivity index (χ3v) is 4.56. The second-order valence-electron chi connectivity index (χ2n) is 4.39. The summed E-state index contributed by atoms with van der Waals surface area (Å²) in [5.74, 6) is -0.459. The highest BCUT2D eigenvalue weighted by molar-refractivity contribution is 8.00. The van der Waals surface area contributed by atoms with E-state index in [4.69, 9.17) is 10.2 Å². The van der Waals surface area contributed by atoms with Crippen molar-refractivity contribution in [2.45, 2.75) is 29.9 Å². The number of benzene rings is 1. The van der Waals surface area contributed by atoms with Gasteiger partial charge in [0.1, 0.15) is 11.4 Å². The average Bonchev–Trinajstić information content (AvgIpc) is 2.35. The minimum Gasteiger partial charge on any atom is -0.395 e. The van der Waals surface area contributed by atoms with Crippen LogP contribution in [0, 0.1) is 5.82 Å². The van der Waals surface area contributed by atoms with Crippen molar-refractivity contribution in [1.82, 2.24) is 0 Å². The Balaban J connectivity index is 2.89. The van der Waals surface area contributed by atoms with Gasteiger partial charge in [0.2, 0.25) is 0 Å². The van der Waals surface area contributed by atoms with Gasteiger partial charge in [0.15, 0.2) is 0 Å². The summed E-state index contributed by atoms with van der Waals surface area (Å²) in [5.41, 5.74) is -1.14. The van der Waals surface area contributed by atoms with Crippen LogP contribution in [0.4, 0.5) is 4.39 Å². The van der Waals surface area contributed by atoms with Crippen molar-refractivity contribution in [3.05, 3.63) is 35.6 Å². The predicted molar refractivity (Wildman–Crippen MR) is 71.0 cm³/mol. The molecule has 0 aliphatic carbocycles. The summed E-state index contributed by atoms with van der Waals surface area (Å²) >= 11 is 1.24. The monoisotopic (exact) mass is 274 g/mol. The van der Waals surface area contributed by atoms with Crippen LogP contribution in [0.25, 0.3) is 0 Å². The summed E-state index contributed by atoms with van der Waals surface area (Å²) in [6, 6.07) is 6.08. The first-order valence-corrected chi connectivity index (χ1v) is 6.72. The van der Waals surface area contributed by atoms with E-state index in [0.29, 0.717) is 0 Å². The molecule has 1 rings (SSSR count). The lowest BCUT2D eigenvalue weighted by Crippen LogP contribution is -2.35. The van der Waals surface area contributed by atoms with Gasteiger partial charge in [-0.1, -0.05) is 25.1 Å². The summed E-state index contributed by atoms with van der Waals surface area (Å²) in [5, 5.41) is 27.8. The third-order valence-electron chi connectivity index (χ3n) is 3.01. The first kappa shape index (κ1) is 15.4. The van der Waals surface area contributed by atoms with Crippen molar-refractivity contribution in [3.8, 4) is 0 Å². The zero-order chi connectivity index (χ0) is 13.8. The molecule has 2 atom stereocenters. The highest BCUT2D eigenvalue weighted by atomic mass is 32.2. The maximum atomic E-state index is 13.7. The molecule has 0 unspecified atom stereocenters. The highest BCUT2D eigenvalue weighted by Crippen LogP contribution is 2.35. The van der Waals surface area contributed by atoms with E-state index in [1.54, 1.807) is 25.1 Å². The van der Waals surface area contributed by atoms with E-state index in [1.165, 1.54) is 24.8 Å². The summed E-state index contributed by atoms with van der Waals surface area (Å²) in [7, 11) is 0. The number of rotatable bonds is 6. The van der Waals surface area contributed by atoms with Crippen molar-refractivity contribution in [3.63, 3.8) is 0 Å². The third kappa shape index (κ3) is 3.45. The molecule has 0 aliphatic rings. The van der Waals surface area contributed by atoms with Crippen LogP contribution in [0.1, 0.15) is 19.4 Å². The lowest BCUT2D eigenvalue weighted by molar-refractivity contribution is 0.0549. The van der Waals surface area contributed by atoms with Crippen LogP contribution < -0.4 is 0 Å². The van der Waals surface area contributed by atoms with Gasteiger partial charge >= 0.3 is 0 Å². The Kier molecular flexibility index (Phi) is 5.59. The molecule has 1 aromatic rings. The Hall–Kier alpha value is -0.620. The van der Waals surface area contributed by atoms with Gasteiger partial charge in [-0.15, -0.1) is 11.8 Å². The Labute approximate surface area is 111 Å². The Bertz CT molecular complexity index is 380. The molecule has 0 saturated carbocycles. The van der Waals surface area contributed by atoms with E-state index in [0.717, 1.165) is 0 Å². The first-order chi connectivity index (χ1) is 8.43. The molecule has 0 amide bonds. The number of thioether (sulfide) groups is 1. The van der Waals surface area contributed by atoms with Gasteiger partial charge in [0, 0.05) is 10.8 Å². The van der Waals surface area contributed by atoms with Gasteiger partial charge in [-0.25, -0.2) is 4.39 Å². The van der Waals surface area contributed by atoms with E-state index in [9.17, 15) is 9.50 Å². The van der Waals surface area contributed by atoms with Crippen molar-refractivity contribution in [2.75, 3.05) is 13.2 Å². The van der Waals surface area contributed by atoms with Gasteiger partial charge in [0.05, 0.1) is 18.5 Å². The largest absolute Gasteiger partial charge is 0.395 e. The van der Waals surface area contributed by atoms with Gasteiger partial charge in [-0.3, -0.25) is 0 Å². The number of hydrogen-bond acceptors (Lipinski definition) is 4. The van der Waals surface area contributed by atoms with Crippen LogP contribution in [-0.4, -0.2) is 39.0 Å². The normalized spacial score (nSPS) is 16.6. The fourth-order valence-electron chi connectivity index (χ4n) is 1.66. The van der Waals surface area contributed by atoms with Gasteiger partial charge in [-0.05, 0) is 13.0 Å². The number of aliphatic hydroxyl groups excluding tert-OH is 2. The maximum absolute atomic E-state index is 13.7. The average molecular weight is 274 g/mol. The molecule has 0 aliphatic heterocycles. The number of aliphatic hydroxyl groups is 3. The zero-order valence-corrected chi connectivity index (χ0v) is 11.3. The molecule has 1 aromatic carbocycles. The molecular weight excluding hydrogens is 255 g/mol. The molecule has 0 fully saturated rings. The van der Waals surface area contributed by atoms with E-state index in [-0.39, 0.29) is 29.3 Å².